The molecule has 1 rings (SSSR count). The van der Waals surface area contributed by atoms with Crippen LogP contribution in [0, 0.1) is 0 Å². The van der Waals surface area contributed by atoms with Crippen LogP contribution in [0.2, 0.25) is 0 Å². The molecule has 0 radical (unpaired) electrons. The molecule has 0 aromatic heterocycles. The molecule has 0 saturated heterocycles. The van der Waals surface area contributed by atoms with Gasteiger partial charge in [-0.15, -0.1) is 11.8 Å². The largest absolute Gasteiger partial charge is 0.398 e. The highest BCUT2D eigenvalue weighted by Crippen LogP contribution is 2.26. The van der Waals surface area contributed by atoms with E-state index in [1.165, 1.54) is 16.7 Å². The Labute approximate surface area is 99.4 Å². The molecular weight excluding hydrogens is 224 g/mol. The Bertz CT molecular complexity index is 380. The number of nitrogens with two attached hydrogens (primary N) is 1. The Morgan fingerprint density at radius 3 is 2.75 bits per heavy atom. The number of rotatable bonds is 4. The second kappa shape index (κ2) is 5.77. The molecule has 0 spiro atoms. The molecule has 0 unspecified atom stereocenters. The van der Waals surface area contributed by atoms with Crippen LogP contribution in [-0.2, 0) is 0 Å². The first-order valence-corrected chi connectivity index (χ1v) is 5.89. The average Bonchev–Trinajstić information content (AvgIpc) is 2.27. The summed E-state index contributed by atoms with van der Waals surface area (Å²) in [4.78, 5) is 14.1. The molecule has 5 heteroatoms. The fourth-order valence-corrected chi connectivity index (χ4v) is 1.96. The summed E-state index contributed by atoms with van der Waals surface area (Å²) >= 11 is 1.44. The number of carbonyl (C=O) groups excluding carboxylic acids is 1. The van der Waals surface area contributed by atoms with Gasteiger partial charge in [-0.1, -0.05) is 0 Å². The van der Waals surface area contributed by atoms with Gasteiger partial charge in [0.05, 0.1) is 6.61 Å². The van der Waals surface area contributed by atoms with Crippen LogP contribution in [0.4, 0.5) is 5.69 Å². The van der Waals surface area contributed by atoms with Crippen molar-refractivity contribution >= 4 is 23.4 Å². The Morgan fingerprint density at radius 1 is 1.50 bits per heavy atom. The molecule has 88 valence electrons. The fourth-order valence-electron chi connectivity index (χ4n) is 1.21. The van der Waals surface area contributed by atoms with Crippen molar-refractivity contribution in [3.63, 3.8) is 0 Å². The van der Waals surface area contributed by atoms with Crippen LogP contribution in [0.1, 0.15) is 10.4 Å². The van der Waals surface area contributed by atoms with Crippen molar-refractivity contribution in [1.82, 2.24) is 4.90 Å². The number of aliphatic hydroxyl groups is 1. The molecule has 0 aliphatic carbocycles. The molecule has 0 saturated carbocycles. The number of hydrogen-bond donors (Lipinski definition) is 2. The van der Waals surface area contributed by atoms with Gasteiger partial charge in [-0.25, -0.2) is 0 Å². The van der Waals surface area contributed by atoms with Crippen molar-refractivity contribution in [2.45, 2.75) is 4.90 Å². The van der Waals surface area contributed by atoms with Crippen molar-refractivity contribution in [3.8, 4) is 0 Å². The smallest absolute Gasteiger partial charge is 0.253 e. The zero-order valence-electron chi connectivity index (χ0n) is 9.43. The van der Waals surface area contributed by atoms with Gasteiger partial charge in [0.15, 0.2) is 0 Å². The predicted octanol–water partition coefficient (Wildman–Crippen LogP) is 1.05. The van der Waals surface area contributed by atoms with Crippen molar-refractivity contribution in [2.75, 3.05) is 32.2 Å². The lowest BCUT2D eigenvalue weighted by Crippen LogP contribution is -2.21. The molecule has 1 aromatic carbocycles. The van der Waals surface area contributed by atoms with E-state index in [0.29, 0.717) is 17.0 Å². The highest BCUT2D eigenvalue weighted by Gasteiger charge is 2.10. The van der Waals surface area contributed by atoms with Crippen molar-refractivity contribution in [3.05, 3.63) is 23.8 Å². The highest BCUT2D eigenvalue weighted by molar-refractivity contribution is 7.99. The predicted molar refractivity (Wildman–Crippen MR) is 66.7 cm³/mol. The molecule has 0 atom stereocenters. The quantitative estimate of drug-likeness (QED) is 0.610. The van der Waals surface area contributed by atoms with Gasteiger partial charge in [0.2, 0.25) is 0 Å². The maximum atomic E-state index is 11.7. The third-order valence-electron chi connectivity index (χ3n) is 2.02. The number of nitrogens with zero attached hydrogens (tertiary/aromatic N) is 1. The van der Waals surface area contributed by atoms with Crippen molar-refractivity contribution in [1.29, 1.82) is 0 Å². The number of hydrogen-bond acceptors (Lipinski definition) is 4. The molecule has 16 heavy (non-hydrogen) atoms. The lowest BCUT2D eigenvalue weighted by Gasteiger charge is -2.12. The Hall–Kier alpha value is -1.20. The second-order valence-electron chi connectivity index (χ2n) is 3.52. The summed E-state index contributed by atoms with van der Waals surface area (Å²) in [6.07, 6.45) is 0. The van der Waals surface area contributed by atoms with Crippen LogP contribution in [0.25, 0.3) is 0 Å². The van der Waals surface area contributed by atoms with Crippen molar-refractivity contribution in [2.24, 2.45) is 0 Å². The zero-order chi connectivity index (χ0) is 12.1. The molecular formula is C11H16N2O2S. The summed E-state index contributed by atoms with van der Waals surface area (Å²) in [6, 6.07) is 5.19. The Kier molecular flexibility index (Phi) is 4.64. The van der Waals surface area contributed by atoms with Gasteiger partial charge in [-0.2, -0.15) is 0 Å². The number of aliphatic hydroxyl groups excluding tert-OH is 1. The number of nitrogen functional groups attached to an aromatic ring is 1. The van der Waals surface area contributed by atoms with Gasteiger partial charge in [0, 0.05) is 36.0 Å². The van der Waals surface area contributed by atoms with Gasteiger partial charge in [-0.05, 0) is 18.2 Å². The number of amides is 1. The zero-order valence-corrected chi connectivity index (χ0v) is 10.3. The lowest BCUT2D eigenvalue weighted by atomic mass is 10.2. The summed E-state index contributed by atoms with van der Waals surface area (Å²) in [7, 11) is 3.42. The molecule has 4 nitrogen and oxygen atoms in total. The van der Waals surface area contributed by atoms with E-state index in [0.717, 1.165) is 4.90 Å². The first kappa shape index (κ1) is 12.9. The van der Waals surface area contributed by atoms with Gasteiger partial charge >= 0.3 is 0 Å². The number of thioether (sulfide) groups is 1. The third kappa shape index (κ3) is 3.15. The lowest BCUT2D eigenvalue weighted by molar-refractivity contribution is 0.0827. The Morgan fingerprint density at radius 2 is 2.19 bits per heavy atom. The van der Waals surface area contributed by atoms with Crippen LogP contribution in [0.3, 0.4) is 0 Å². The van der Waals surface area contributed by atoms with Crippen LogP contribution in [0.5, 0.6) is 0 Å². The van der Waals surface area contributed by atoms with E-state index in [1.54, 1.807) is 32.3 Å². The SMILES string of the molecule is CN(C)C(=O)c1ccc(N)c(SCCO)c1. The fraction of sp³-hybridized carbons (Fsp3) is 0.364. The molecule has 0 heterocycles. The van der Waals surface area contributed by atoms with Gasteiger partial charge < -0.3 is 15.7 Å². The Balaban J connectivity index is 2.93. The standard InChI is InChI=1S/C11H16N2O2S/c1-13(2)11(15)8-3-4-9(12)10(7-8)16-6-5-14/h3-4,7,14H,5-6,12H2,1-2H3. The van der Waals surface area contributed by atoms with E-state index in [9.17, 15) is 4.79 Å². The minimum Gasteiger partial charge on any atom is -0.398 e. The molecule has 0 aliphatic heterocycles. The van der Waals surface area contributed by atoms with Crippen LogP contribution in [0.15, 0.2) is 23.1 Å². The minimum atomic E-state index is -0.0501. The topological polar surface area (TPSA) is 66.6 Å². The average molecular weight is 240 g/mol. The van der Waals surface area contributed by atoms with Crippen LogP contribution >= 0.6 is 11.8 Å². The highest BCUT2D eigenvalue weighted by atomic mass is 32.2. The van der Waals surface area contributed by atoms with Crippen LogP contribution in [-0.4, -0.2) is 42.4 Å². The number of anilines is 1. The third-order valence-corrected chi connectivity index (χ3v) is 3.07. The summed E-state index contributed by atoms with van der Waals surface area (Å²) in [5.74, 6) is 0.523. The molecule has 0 bridgehead atoms. The summed E-state index contributed by atoms with van der Waals surface area (Å²) < 4.78 is 0. The van der Waals surface area contributed by atoms with Gasteiger partial charge in [0.25, 0.3) is 5.91 Å². The molecule has 0 fully saturated rings. The molecule has 3 N–H and O–H groups in total. The molecule has 1 aromatic rings. The second-order valence-corrected chi connectivity index (χ2v) is 4.66. The van der Waals surface area contributed by atoms with Crippen molar-refractivity contribution < 1.29 is 9.90 Å². The number of carbonyl (C=O) groups is 1. The van der Waals surface area contributed by atoms with E-state index >= 15 is 0 Å². The van der Waals surface area contributed by atoms with E-state index in [4.69, 9.17) is 10.8 Å². The first-order valence-electron chi connectivity index (χ1n) is 4.91. The summed E-state index contributed by atoms with van der Waals surface area (Å²) in [6.45, 7) is 0.0932. The maximum absolute atomic E-state index is 11.7. The van der Waals surface area contributed by atoms with Gasteiger partial charge in [-0.3, -0.25) is 4.79 Å². The summed E-state index contributed by atoms with van der Waals surface area (Å²) in [5, 5.41) is 8.75. The van der Waals surface area contributed by atoms with E-state index in [2.05, 4.69) is 0 Å². The maximum Gasteiger partial charge on any atom is 0.253 e. The molecule has 0 aliphatic rings. The van der Waals surface area contributed by atoms with E-state index in [1.807, 2.05) is 0 Å². The van der Waals surface area contributed by atoms with E-state index in [-0.39, 0.29) is 12.5 Å². The van der Waals surface area contributed by atoms with E-state index < -0.39 is 0 Å². The minimum absolute atomic E-state index is 0.0501. The monoisotopic (exact) mass is 240 g/mol. The molecule has 1 amide bonds. The number of benzene rings is 1. The van der Waals surface area contributed by atoms with Crippen LogP contribution < -0.4 is 5.73 Å². The normalized spacial score (nSPS) is 10.2. The first-order chi connectivity index (χ1) is 7.56. The summed E-state index contributed by atoms with van der Waals surface area (Å²) in [5.41, 5.74) is 7.02. The van der Waals surface area contributed by atoms with Gasteiger partial charge in [0.1, 0.15) is 0 Å².